The van der Waals surface area contributed by atoms with E-state index in [9.17, 15) is 4.79 Å². The third-order valence-corrected chi connectivity index (χ3v) is 4.31. The molecular weight excluding hydrogens is 288 g/mol. The molecule has 2 rings (SSSR count). The fourth-order valence-corrected chi connectivity index (χ4v) is 2.48. The minimum absolute atomic E-state index is 0. The van der Waals surface area contributed by atoms with Crippen molar-refractivity contribution in [3.8, 4) is 0 Å². The second-order valence-electron chi connectivity index (χ2n) is 5.23. The van der Waals surface area contributed by atoms with Crippen molar-refractivity contribution < 1.29 is 4.79 Å². The Bertz CT molecular complexity index is 611. The zero-order valence-corrected chi connectivity index (χ0v) is 13.5. The molecule has 0 radical (unpaired) electrons. The van der Waals surface area contributed by atoms with Gasteiger partial charge in [0.1, 0.15) is 0 Å². The SMILES string of the molecule is CCC(CC)(CN)C(=O)Nc1ccc(C)c2cn[nH]c12.Cl. The zero-order valence-electron chi connectivity index (χ0n) is 12.7. The lowest BCUT2D eigenvalue weighted by Crippen LogP contribution is -2.41. The molecule has 0 aliphatic rings. The molecule has 0 bridgehead atoms. The van der Waals surface area contributed by atoms with Crippen LogP contribution in [-0.4, -0.2) is 22.6 Å². The predicted molar refractivity (Wildman–Crippen MR) is 88.8 cm³/mol. The quantitative estimate of drug-likeness (QED) is 0.793. The number of aryl methyl sites for hydroxylation is 1. The predicted octanol–water partition coefficient (Wildman–Crippen LogP) is 3.00. The summed E-state index contributed by atoms with van der Waals surface area (Å²) in [5.74, 6) is -0.0234. The number of hydrogen-bond acceptors (Lipinski definition) is 3. The molecule has 116 valence electrons. The number of hydrogen-bond donors (Lipinski definition) is 3. The van der Waals surface area contributed by atoms with Crippen molar-refractivity contribution in [3.63, 3.8) is 0 Å². The molecule has 1 aromatic heterocycles. The summed E-state index contributed by atoms with van der Waals surface area (Å²) in [7, 11) is 0. The average molecular weight is 311 g/mol. The molecule has 1 heterocycles. The topological polar surface area (TPSA) is 83.8 Å². The van der Waals surface area contributed by atoms with Crippen molar-refractivity contribution in [2.45, 2.75) is 33.6 Å². The van der Waals surface area contributed by atoms with Crippen molar-refractivity contribution in [3.05, 3.63) is 23.9 Å². The highest BCUT2D eigenvalue weighted by atomic mass is 35.5. The maximum atomic E-state index is 12.6. The van der Waals surface area contributed by atoms with Gasteiger partial charge in [0, 0.05) is 11.9 Å². The van der Waals surface area contributed by atoms with Gasteiger partial charge in [0.25, 0.3) is 0 Å². The first-order chi connectivity index (χ1) is 9.57. The summed E-state index contributed by atoms with van der Waals surface area (Å²) in [5.41, 5.74) is 8.06. The number of nitrogens with one attached hydrogen (secondary N) is 2. The average Bonchev–Trinajstić information content (AvgIpc) is 2.95. The number of benzene rings is 1. The number of rotatable bonds is 5. The van der Waals surface area contributed by atoms with Crippen LogP contribution in [0.15, 0.2) is 18.3 Å². The van der Waals surface area contributed by atoms with E-state index < -0.39 is 5.41 Å². The number of aromatic nitrogens is 2. The Labute approximate surface area is 131 Å². The van der Waals surface area contributed by atoms with Crippen LogP contribution in [0.25, 0.3) is 10.9 Å². The smallest absolute Gasteiger partial charge is 0.231 e. The van der Waals surface area contributed by atoms with Crippen molar-refractivity contribution in [2.75, 3.05) is 11.9 Å². The van der Waals surface area contributed by atoms with E-state index >= 15 is 0 Å². The van der Waals surface area contributed by atoms with E-state index in [0.29, 0.717) is 6.54 Å². The molecular formula is C15H23ClN4O. The first kappa shape index (κ1) is 17.5. The van der Waals surface area contributed by atoms with Gasteiger partial charge in [0.15, 0.2) is 0 Å². The highest BCUT2D eigenvalue weighted by Crippen LogP contribution is 2.29. The minimum atomic E-state index is -0.503. The summed E-state index contributed by atoms with van der Waals surface area (Å²) in [6.45, 7) is 6.36. The van der Waals surface area contributed by atoms with Gasteiger partial charge >= 0.3 is 0 Å². The van der Waals surface area contributed by atoms with Crippen LogP contribution < -0.4 is 11.1 Å². The number of nitrogens with two attached hydrogens (primary N) is 1. The Kier molecular flexibility index (Phi) is 5.75. The van der Waals surface area contributed by atoms with Crippen LogP contribution in [0, 0.1) is 12.3 Å². The Morgan fingerprint density at radius 2 is 2.05 bits per heavy atom. The van der Waals surface area contributed by atoms with Crippen LogP contribution in [0.3, 0.4) is 0 Å². The molecule has 0 spiro atoms. The number of halogens is 1. The van der Waals surface area contributed by atoms with E-state index in [1.807, 2.05) is 32.9 Å². The van der Waals surface area contributed by atoms with Gasteiger partial charge in [-0.3, -0.25) is 9.89 Å². The molecule has 0 aliphatic carbocycles. The third kappa shape index (κ3) is 3.04. The lowest BCUT2D eigenvalue weighted by molar-refractivity contribution is -0.125. The molecule has 21 heavy (non-hydrogen) atoms. The Morgan fingerprint density at radius 1 is 1.38 bits per heavy atom. The zero-order chi connectivity index (χ0) is 14.8. The summed E-state index contributed by atoms with van der Waals surface area (Å²) in [6.07, 6.45) is 3.23. The van der Waals surface area contributed by atoms with Crippen molar-refractivity contribution in [1.82, 2.24) is 10.2 Å². The number of H-pyrrole nitrogens is 1. The van der Waals surface area contributed by atoms with Gasteiger partial charge in [0.05, 0.1) is 22.8 Å². The summed E-state index contributed by atoms with van der Waals surface area (Å²) in [4.78, 5) is 12.6. The number of nitrogens with zero attached hydrogens (tertiary/aromatic N) is 1. The molecule has 0 fully saturated rings. The van der Waals surface area contributed by atoms with E-state index in [2.05, 4.69) is 15.5 Å². The summed E-state index contributed by atoms with van der Waals surface area (Å²) in [5, 5.41) is 11.0. The number of amides is 1. The van der Waals surface area contributed by atoms with Gasteiger partial charge in [-0.2, -0.15) is 5.10 Å². The van der Waals surface area contributed by atoms with Crippen LogP contribution in [0.1, 0.15) is 32.3 Å². The third-order valence-electron chi connectivity index (χ3n) is 4.31. The maximum absolute atomic E-state index is 12.6. The summed E-state index contributed by atoms with van der Waals surface area (Å²) < 4.78 is 0. The highest BCUT2D eigenvalue weighted by Gasteiger charge is 2.33. The minimum Gasteiger partial charge on any atom is -0.329 e. The fraction of sp³-hybridized carbons (Fsp3) is 0.467. The normalized spacial score (nSPS) is 11.2. The van der Waals surface area contributed by atoms with Gasteiger partial charge in [-0.05, 0) is 31.4 Å². The summed E-state index contributed by atoms with van der Waals surface area (Å²) >= 11 is 0. The van der Waals surface area contributed by atoms with Crippen LogP contribution >= 0.6 is 12.4 Å². The lowest BCUT2D eigenvalue weighted by atomic mass is 9.81. The Morgan fingerprint density at radius 3 is 2.62 bits per heavy atom. The molecule has 0 saturated heterocycles. The van der Waals surface area contributed by atoms with Gasteiger partial charge in [0.2, 0.25) is 5.91 Å². The van der Waals surface area contributed by atoms with Gasteiger partial charge in [-0.15, -0.1) is 12.4 Å². The van der Waals surface area contributed by atoms with Crippen molar-refractivity contribution >= 4 is 34.9 Å². The van der Waals surface area contributed by atoms with E-state index in [4.69, 9.17) is 5.73 Å². The largest absolute Gasteiger partial charge is 0.329 e. The van der Waals surface area contributed by atoms with E-state index in [-0.39, 0.29) is 18.3 Å². The van der Waals surface area contributed by atoms with E-state index in [1.54, 1.807) is 6.20 Å². The van der Waals surface area contributed by atoms with Gasteiger partial charge < -0.3 is 11.1 Å². The van der Waals surface area contributed by atoms with Crippen LogP contribution in [0.2, 0.25) is 0 Å². The molecule has 1 amide bonds. The maximum Gasteiger partial charge on any atom is 0.231 e. The molecule has 0 atom stereocenters. The molecule has 4 N–H and O–H groups in total. The molecule has 0 aliphatic heterocycles. The molecule has 0 saturated carbocycles. The first-order valence-corrected chi connectivity index (χ1v) is 7.02. The Balaban J connectivity index is 0.00000220. The number of aromatic amines is 1. The second-order valence-corrected chi connectivity index (χ2v) is 5.23. The van der Waals surface area contributed by atoms with Crippen LogP contribution in [-0.2, 0) is 4.79 Å². The van der Waals surface area contributed by atoms with Crippen LogP contribution in [0.5, 0.6) is 0 Å². The number of carbonyl (C=O) groups is 1. The first-order valence-electron chi connectivity index (χ1n) is 7.02. The number of anilines is 1. The van der Waals surface area contributed by atoms with E-state index in [1.165, 1.54) is 0 Å². The highest BCUT2D eigenvalue weighted by molar-refractivity contribution is 6.03. The van der Waals surface area contributed by atoms with Crippen LogP contribution in [0.4, 0.5) is 5.69 Å². The van der Waals surface area contributed by atoms with E-state index in [0.717, 1.165) is 35.0 Å². The fourth-order valence-electron chi connectivity index (χ4n) is 2.48. The molecule has 2 aromatic rings. The lowest BCUT2D eigenvalue weighted by Gasteiger charge is -2.28. The molecule has 5 nitrogen and oxygen atoms in total. The molecule has 0 unspecified atom stereocenters. The van der Waals surface area contributed by atoms with Gasteiger partial charge in [-0.25, -0.2) is 0 Å². The molecule has 1 aromatic carbocycles. The number of carbonyl (C=O) groups excluding carboxylic acids is 1. The summed E-state index contributed by atoms with van der Waals surface area (Å²) in [6, 6.07) is 3.88. The van der Waals surface area contributed by atoms with Gasteiger partial charge in [-0.1, -0.05) is 19.9 Å². The van der Waals surface area contributed by atoms with Crippen molar-refractivity contribution in [2.24, 2.45) is 11.1 Å². The Hall–Kier alpha value is -1.59. The standard InChI is InChI=1S/C15H22N4O.ClH/c1-4-15(5-2,9-16)14(20)18-12-7-6-10(3)11-8-17-19-13(11)12;/h6-8H,4-5,9,16H2,1-3H3,(H,17,19)(H,18,20);1H. The number of fused-ring (bicyclic) bond motifs is 1. The monoisotopic (exact) mass is 310 g/mol. The molecule has 6 heteroatoms. The van der Waals surface area contributed by atoms with Crippen molar-refractivity contribution in [1.29, 1.82) is 0 Å². The second kappa shape index (κ2) is 6.91.